The second kappa shape index (κ2) is 8.09. The Labute approximate surface area is 112 Å². The minimum atomic E-state index is 0.511. The van der Waals surface area contributed by atoms with Crippen LogP contribution in [0.25, 0.3) is 0 Å². The fraction of sp³-hybridized carbons (Fsp3) is 0.667. The molecule has 1 aromatic rings. The van der Waals surface area contributed by atoms with Crippen molar-refractivity contribution < 1.29 is 0 Å². The van der Waals surface area contributed by atoms with E-state index < -0.39 is 0 Å². The highest BCUT2D eigenvalue weighted by Gasteiger charge is 2.07. The van der Waals surface area contributed by atoms with Gasteiger partial charge in [0.05, 0.1) is 11.9 Å². The second-order valence-corrected chi connectivity index (χ2v) is 5.17. The van der Waals surface area contributed by atoms with Crippen LogP contribution in [0.2, 0.25) is 0 Å². The molecule has 0 atom stereocenters. The van der Waals surface area contributed by atoms with Gasteiger partial charge in [-0.1, -0.05) is 33.6 Å². The average Bonchev–Trinajstić information content (AvgIpc) is 2.37. The van der Waals surface area contributed by atoms with Gasteiger partial charge in [0.25, 0.3) is 0 Å². The third-order valence-electron chi connectivity index (χ3n) is 3.10. The fourth-order valence-corrected chi connectivity index (χ4v) is 1.94. The van der Waals surface area contributed by atoms with E-state index in [-0.39, 0.29) is 0 Å². The summed E-state index contributed by atoms with van der Waals surface area (Å²) in [7, 11) is 2.16. The Morgan fingerprint density at radius 3 is 2.78 bits per heavy atom. The second-order valence-electron chi connectivity index (χ2n) is 5.17. The molecular formula is C15H27N3. The van der Waals surface area contributed by atoms with Crippen molar-refractivity contribution in [2.75, 3.05) is 18.5 Å². The molecule has 0 amide bonds. The standard InChI is InChI=1S/C15H27N3/c1-5-6-7-10-18(4)15-12-16-9-8-14(15)11-17-13(2)3/h8-9,12-13,17H,5-7,10-11H2,1-4H3. The molecule has 102 valence electrons. The van der Waals surface area contributed by atoms with Crippen molar-refractivity contribution in [3.63, 3.8) is 0 Å². The van der Waals surface area contributed by atoms with E-state index in [4.69, 9.17) is 0 Å². The van der Waals surface area contributed by atoms with Crippen molar-refractivity contribution in [2.24, 2.45) is 0 Å². The van der Waals surface area contributed by atoms with E-state index in [1.807, 2.05) is 12.4 Å². The first-order valence-corrected chi connectivity index (χ1v) is 7.02. The summed E-state index contributed by atoms with van der Waals surface area (Å²) in [5.41, 5.74) is 2.58. The topological polar surface area (TPSA) is 28.2 Å². The quantitative estimate of drug-likeness (QED) is 0.717. The van der Waals surface area contributed by atoms with Crippen LogP contribution in [-0.4, -0.2) is 24.6 Å². The van der Waals surface area contributed by atoms with Crippen LogP contribution in [-0.2, 0) is 6.54 Å². The number of hydrogen-bond donors (Lipinski definition) is 1. The molecule has 18 heavy (non-hydrogen) atoms. The molecule has 0 bridgehead atoms. The average molecular weight is 249 g/mol. The summed E-state index contributed by atoms with van der Waals surface area (Å²) in [4.78, 5) is 6.57. The molecule has 1 heterocycles. The predicted octanol–water partition coefficient (Wildman–Crippen LogP) is 3.21. The third-order valence-corrected chi connectivity index (χ3v) is 3.10. The van der Waals surface area contributed by atoms with E-state index in [9.17, 15) is 0 Å². The van der Waals surface area contributed by atoms with Gasteiger partial charge in [0.1, 0.15) is 0 Å². The Morgan fingerprint density at radius 1 is 1.33 bits per heavy atom. The number of nitrogens with zero attached hydrogens (tertiary/aromatic N) is 2. The third kappa shape index (κ3) is 5.05. The summed E-state index contributed by atoms with van der Waals surface area (Å²) in [5.74, 6) is 0. The first-order valence-electron chi connectivity index (χ1n) is 7.02. The summed E-state index contributed by atoms with van der Waals surface area (Å²) in [5, 5.41) is 3.47. The highest BCUT2D eigenvalue weighted by Crippen LogP contribution is 2.18. The minimum absolute atomic E-state index is 0.511. The molecule has 0 aliphatic heterocycles. The lowest BCUT2D eigenvalue weighted by atomic mass is 10.2. The maximum absolute atomic E-state index is 4.25. The Hall–Kier alpha value is -1.09. The molecule has 0 spiro atoms. The summed E-state index contributed by atoms with van der Waals surface area (Å²) in [6.45, 7) is 8.60. The van der Waals surface area contributed by atoms with Crippen molar-refractivity contribution in [3.8, 4) is 0 Å². The van der Waals surface area contributed by atoms with Crippen LogP contribution in [0.15, 0.2) is 18.5 Å². The van der Waals surface area contributed by atoms with Crippen molar-refractivity contribution in [1.29, 1.82) is 0 Å². The monoisotopic (exact) mass is 249 g/mol. The zero-order valence-corrected chi connectivity index (χ0v) is 12.2. The molecule has 0 aliphatic carbocycles. The summed E-state index contributed by atoms with van der Waals surface area (Å²) < 4.78 is 0. The molecule has 0 unspecified atom stereocenters. The lowest BCUT2D eigenvalue weighted by Gasteiger charge is -2.22. The summed E-state index contributed by atoms with van der Waals surface area (Å²) in [6.07, 6.45) is 7.66. The van der Waals surface area contributed by atoms with E-state index in [1.165, 1.54) is 30.5 Å². The number of anilines is 1. The highest BCUT2D eigenvalue weighted by molar-refractivity contribution is 5.50. The molecule has 3 heteroatoms. The zero-order chi connectivity index (χ0) is 13.4. The van der Waals surface area contributed by atoms with Crippen LogP contribution in [0.5, 0.6) is 0 Å². The molecule has 0 aliphatic rings. The predicted molar refractivity (Wildman–Crippen MR) is 79.0 cm³/mol. The SMILES string of the molecule is CCCCCN(C)c1cnccc1CNC(C)C. The van der Waals surface area contributed by atoms with E-state index in [2.05, 4.69) is 49.1 Å². The number of unbranched alkanes of at least 4 members (excludes halogenated alkanes) is 2. The number of pyridine rings is 1. The maximum Gasteiger partial charge on any atom is 0.0595 e. The van der Waals surface area contributed by atoms with Gasteiger partial charge in [0.15, 0.2) is 0 Å². The van der Waals surface area contributed by atoms with Gasteiger partial charge in [-0.2, -0.15) is 0 Å². The van der Waals surface area contributed by atoms with Crippen molar-refractivity contribution in [2.45, 2.75) is 52.6 Å². The zero-order valence-electron chi connectivity index (χ0n) is 12.2. The highest BCUT2D eigenvalue weighted by atomic mass is 15.1. The van der Waals surface area contributed by atoms with Crippen LogP contribution in [0.4, 0.5) is 5.69 Å². The molecule has 1 rings (SSSR count). The Morgan fingerprint density at radius 2 is 2.11 bits per heavy atom. The number of hydrogen-bond acceptors (Lipinski definition) is 3. The van der Waals surface area contributed by atoms with Gasteiger partial charge in [-0.05, 0) is 18.1 Å². The van der Waals surface area contributed by atoms with Gasteiger partial charge >= 0.3 is 0 Å². The van der Waals surface area contributed by atoms with E-state index in [0.717, 1.165) is 13.1 Å². The molecule has 0 fully saturated rings. The maximum atomic E-state index is 4.25. The fourth-order valence-electron chi connectivity index (χ4n) is 1.94. The van der Waals surface area contributed by atoms with Gasteiger partial charge < -0.3 is 10.2 Å². The normalized spacial score (nSPS) is 10.9. The van der Waals surface area contributed by atoms with Gasteiger partial charge in [-0.15, -0.1) is 0 Å². The van der Waals surface area contributed by atoms with Crippen LogP contribution in [0, 0.1) is 0 Å². The van der Waals surface area contributed by atoms with Crippen molar-refractivity contribution in [1.82, 2.24) is 10.3 Å². The van der Waals surface area contributed by atoms with Crippen molar-refractivity contribution >= 4 is 5.69 Å². The van der Waals surface area contributed by atoms with Crippen LogP contribution < -0.4 is 10.2 Å². The van der Waals surface area contributed by atoms with Gasteiger partial charge in [-0.3, -0.25) is 4.98 Å². The van der Waals surface area contributed by atoms with Crippen molar-refractivity contribution in [3.05, 3.63) is 24.0 Å². The number of rotatable bonds is 8. The van der Waals surface area contributed by atoms with Crippen LogP contribution in [0.1, 0.15) is 45.6 Å². The van der Waals surface area contributed by atoms with Crippen LogP contribution >= 0.6 is 0 Å². The van der Waals surface area contributed by atoms with E-state index in [1.54, 1.807) is 0 Å². The summed E-state index contributed by atoms with van der Waals surface area (Å²) in [6, 6.07) is 2.62. The van der Waals surface area contributed by atoms with Gasteiger partial charge in [-0.25, -0.2) is 0 Å². The number of nitrogens with one attached hydrogen (secondary N) is 1. The molecule has 1 N–H and O–H groups in total. The summed E-state index contributed by atoms with van der Waals surface area (Å²) >= 11 is 0. The van der Waals surface area contributed by atoms with Gasteiger partial charge in [0.2, 0.25) is 0 Å². The first-order chi connectivity index (χ1) is 8.65. The minimum Gasteiger partial charge on any atom is -0.373 e. The van der Waals surface area contributed by atoms with Gasteiger partial charge in [0, 0.05) is 32.4 Å². The molecular weight excluding hydrogens is 222 g/mol. The molecule has 0 saturated carbocycles. The Kier molecular flexibility index (Phi) is 6.73. The van der Waals surface area contributed by atoms with Crippen LogP contribution in [0.3, 0.4) is 0 Å². The lowest BCUT2D eigenvalue weighted by Crippen LogP contribution is -2.25. The van der Waals surface area contributed by atoms with E-state index >= 15 is 0 Å². The molecule has 0 aromatic carbocycles. The smallest absolute Gasteiger partial charge is 0.0595 e. The number of aromatic nitrogens is 1. The first kappa shape index (κ1) is 15.0. The molecule has 0 saturated heterocycles. The molecule has 0 radical (unpaired) electrons. The molecule has 3 nitrogen and oxygen atoms in total. The molecule has 1 aromatic heterocycles. The largest absolute Gasteiger partial charge is 0.373 e. The Bertz CT molecular complexity index is 336. The van der Waals surface area contributed by atoms with E-state index in [0.29, 0.717) is 6.04 Å². The lowest BCUT2D eigenvalue weighted by molar-refractivity contribution is 0.587. The Balaban J connectivity index is 2.62.